The van der Waals surface area contributed by atoms with Gasteiger partial charge in [-0.2, -0.15) is 5.26 Å². The van der Waals surface area contributed by atoms with Crippen molar-refractivity contribution in [2.45, 2.75) is 58.5 Å². The van der Waals surface area contributed by atoms with Gasteiger partial charge in [0.05, 0.1) is 0 Å². The van der Waals surface area contributed by atoms with Gasteiger partial charge in [-0.15, -0.1) is 0 Å². The van der Waals surface area contributed by atoms with E-state index in [2.05, 4.69) is 13.5 Å². The molecule has 0 radical (unpaired) electrons. The highest BCUT2D eigenvalue weighted by Crippen LogP contribution is 2.10. The van der Waals surface area contributed by atoms with Crippen LogP contribution < -0.4 is 0 Å². The number of nitrogens with zero attached hydrogens (tertiary/aromatic N) is 1. The molecule has 0 bridgehead atoms. The van der Waals surface area contributed by atoms with E-state index in [0.29, 0.717) is 12.0 Å². The third-order valence-corrected chi connectivity index (χ3v) is 2.31. The maximum atomic E-state index is 11.2. The Labute approximate surface area is 98.1 Å². The van der Waals surface area contributed by atoms with Crippen LogP contribution in [0.3, 0.4) is 0 Å². The molecule has 1 atom stereocenters. The van der Waals surface area contributed by atoms with Crippen molar-refractivity contribution >= 4 is 5.97 Å². The number of carbonyl (C=O) groups is 1. The molecule has 16 heavy (non-hydrogen) atoms. The van der Waals surface area contributed by atoms with Crippen LogP contribution >= 0.6 is 0 Å². The molecule has 3 nitrogen and oxygen atoms in total. The number of hydrogen-bond donors (Lipinski definition) is 0. The van der Waals surface area contributed by atoms with Crippen molar-refractivity contribution in [2.24, 2.45) is 0 Å². The van der Waals surface area contributed by atoms with Crippen LogP contribution in [-0.4, -0.2) is 12.1 Å². The van der Waals surface area contributed by atoms with Gasteiger partial charge in [-0.25, -0.2) is 4.79 Å². The summed E-state index contributed by atoms with van der Waals surface area (Å²) in [6.45, 7) is 7.22. The smallest absolute Gasteiger partial charge is 0.334 e. The third kappa shape index (κ3) is 7.05. The van der Waals surface area contributed by atoms with Gasteiger partial charge in [0, 0.05) is 5.57 Å². The molecule has 0 N–H and O–H groups in total. The second-order valence-corrected chi connectivity index (χ2v) is 4.01. The second-order valence-electron chi connectivity index (χ2n) is 4.01. The monoisotopic (exact) mass is 223 g/mol. The molecule has 0 heterocycles. The van der Waals surface area contributed by atoms with Gasteiger partial charge in [0.2, 0.25) is 0 Å². The van der Waals surface area contributed by atoms with Crippen molar-refractivity contribution in [3.05, 3.63) is 12.2 Å². The number of carbonyl (C=O) groups excluding carboxylic acids is 1. The van der Waals surface area contributed by atoms with E-state index >= 15 is 0 Å². The molecule has 0 amide bonds. The standard InChI is InChI=1S/C13H21NO2/c1-4-5-6-7-8-9-12(10-14)16-13(15)11(2)3/h12H,2,4-9H2,1,3H3. The summed E-state index contributed by atoms with van der Waals surface area (Å²) in [6, 6.07) is 1.99. The van der Waals surface area contributed by atoms with Gasteiger partial charge in [-0.1, -0.05) is 39.2 Å². The van der Waals surface area contributed by atoms with E-state index in [1.54, 1.807) is 6.92 Å². The van der Waals surface area contributed by atoms with Crippen LogP contribution in [0.5, 0.6) is 0 Å². The quantitative estimate of drug-likeness (QED) is 0.360. The fraction of sp³-hybridized carbons (Fsp3) is 0.692. The summed E-state index contributed by atoms with van der Waals surface area (Å²) in [7, 11) is 0. The summed E-state index contributed by atoms with van der Waals surface area (Å²) in [5.74, 6) is -0.472. The van der Waals surface area contributed by atoms with E-state index in [9.17, 15) is 4.79 Å². The lowest BCUT2D eigenvalue weighted by atomic mass is 10.1. The Morgan fingerprint density at radius 3 is 2.50 bits per heavy atom. The molecule has 3 heteroatoms. The van der Waals surface area contributed by atoms with E-state index in [-0.39, 0.29) is 0 Å². The molecule has 0 saturated carbocycles. The lowest BCUT2D eigenvalue weighted by molar-refractivity contribution is -0.142. The largest absolute Gasteiger partial charge is 0.444 e. The summed E-state index contributed by atoms with van der Waals surface area (Å²) in [6.07, 6.45) is 5.64. The van der Waals surface area contributed by atoms with Crippen LogP contribution in [0.1, 0.15) is 52.4 Å². The van der Waals surface area contributed by atoms with Gasteiger partial charge in [0.15, 0.2) is 6.10 Å². The molecule has 0 aromatic heterocycles. The van der Waals surface area contributed by atoms with E-state index in [0.717, 1.165) is 12.8 Å². The van der Waals surface area contributed by atoms with Gasteiger partial charge in [0.25, 0.3) is 0 Å². The first kappa shape index (κ1) is 14.7. The lowest BCUT2D eigenvalue weighted by Gasteiger charge is -2.10. The van der Waals surface area contributed by atoms with Gasteiger partial charge in [0.1, 0.15) is 6.07 Å². The SMILES string of the molecule is C=C(C)C(=O)OC(C#N)CCCCCCC. The summed E-state index contributed by atoms with van der Waals surface area (Å²) >= 11 is 0. The number of nitriles is 1. The zero-order valence-corrected chi connectivity index (χ0v) is 10.3. The molecule has 0 rings (SSSR count). The molecule has 0 fully saturated rings. The first-order valence-electron chi connectivity index (χ1n) is 5.88. The lowest BCUT2D eigenvalue weighted by Crippen LogP contribution is -2.16. The van der Waals surface area contributed by atoms with E-state index in [4.69, 9.17) is 10.00 Å². The van der Waals surface area contributed by atoms with Crippen LogP contribution in [0.2, 0.25) is 0 Å². The summed E-state index contributed by atoms with van der Waals surface area (Å²) < 4.78 is 4.97. The minimum Gasteiger partial charge on any atom is -0.444 e. The Kier molecular flexibility index (Phi) is 8.24. The number of unbranched alkanes of at least 4 members (excludes halogenated alkanes) is 4. The molecule has 0 aliphatic carbocycles. The van der Waals surface area contributed by atoms with Crippen molar-refractivity contribution in [1.29, 1.82) is 5.26 Å². The fourth-order valence-electron chi connectivity index (χ4n) is 1.31. The summed E-state index contributed by atoms with van der Waals surface area (Å²) in [5, 5.41) is 8.80. The minimum atomic E-state index is -0.620. The van der Waals surface area contributed by atoms with Gasteiger partial charge < -0.3 is 4.74 Å². The van der Waals surface area contributed by atoms with Crippen molar-refractivity contribution in [3.63, 3.8) is 0 Å². The third-order valence-electron chi connectivity index (χ3n) is 2.31. The maximum Gasteiger partial charge on any atom is 0.334 e. The number of esters is 1. The zero-order valence-electron chi connectivity index (χ0n) is 10.3. The van der Waals surface area contributed by atoms with Crippen molar-refractivity contribution in [2.75, 3.05) is 0 Å². The van der Waals surface area contributed by atoms with Gasteiger partial charge in [-0.05, 0) is 19.8 Å². The highest BCUT2D eigenvalue weighted by atomic mass is 16.5. The molecular formula is C13H21NO2. The highest BCUT2D eigenvalue weighted by molar-refractivity contribution is 5.87. The average molecular weight is 223 g/mol. The summed E-state index contributed by atoms with van der Waals surface area (Å²) in [5.41, 5.74) is 0.339. The highest BCUT2D eigenvalue weighted by Gasteiger charge is 2.13. The van der Waals surface area contributed by atoms with Gasteiger partial charge >= 0.3 is 5.97 Å². The average Bonchev–Trinajstić information content (AvgIpc) is 2.26. The normalized spacial score (nSPS) is 11.6. The topological polar surface area (TPSA) is 50.1 Å². The second kappa shape index (κ2) is 8.96. The van der Waals surface area contributed by atoms with Crippen LogP contribution in [0.25, 0.3) is 0 Å². The summed E-state index contributed by atoms with van der Waals surface area (Å²) in [4.78, 5) is 11.2. The Morgan fingerprint density at radius 2 is 2.00 bits per heavy atom. The first-order valence-corrected chi connectivity index (χ1v) is 5.88. The fourth-order valence-corrected chi connectivity index (χ4v) is 1.31. The van der Waals surface area contributed by atoms with Crippen LogP contribution in [0.4, 0.5) is 0 Å². The zero-order chi connectivity index (χ0) is 12.4. The molecule has 0 aliphatic rings. The predicted molar refractivity (Wildman–Crippen MR) is 63.7 cm³/mol. The number of hydrogen-bond acceptors (Lipinski definition) is 3. The Bertz CT molecular complexity index is 266. The molecular weight excluding hydrogens is 202 g/mol. The number of ether oxygens (including phenoxy) is 1. The molecule has 0 aliphatic heterocycles. The number of rotatable bonds is 8. The van der Waals surface area contributed by atoms with Crippen molar-refractivity contribution in [1.82, 2.24) is 0 Å². The molecule has 90 valence electrons. The molecule has 1 unspecified atom stereocenters. The van der Waals surface area contributed by atoms with E-state index in [1.807, 2.05) is 6.07 Å². The molecule has 0 aromatic rings. The van der Waals surface area contributed by atoms with E-state index in [1.165, 1.54) is 19.3 Å². The maximum absolute atomic E-state index is 11.2. The Morgan fingerprint density at radius 1 is 1.38 bits per heavy atom. The predicted octanol–water partition coefficient (Wildman–Crippen LogP) is 3.36. The first-order chi connectivity index (χ1) is 7.61. The van der Waals surface area contributed by atoms with Crippen LogP contribution in [-0.2, 0) is 9.53 Å². The van der Waals surface area contributed by atoms with Gasteiger partial charge in [-0.3, -0.25) is 0 Å². The van der Waals surface area contributed by atoms with Crippen molar-refractivity contribution < 1.29 is 9.53 Å². The van der Waals surface area contributed by atoms with Crippen LogP contribution in [0.15, 0.2) is 12.2 Å². The molecule has 0 spiro atoms. The Balaban J connectivity index is 3.72. The molecule has 0 saturated heterocycles. The van der Waals surface area contributed by atoms with Crippen LogP contribution in [0, 0.1) is 11.3 Å². The minimum absolute atomic E-state index is 0.339. The van der Waals surface area contributed by atoms with Crippen molar-refractivity contribution in [3.8, 4) is 6.07 Å². The Hall–Kier alpha value is -1.30. The van der Waals surface area contributed by atoms with E-state index < -0.39 is 12.1 Å². The molecule has 0 aromatic carbocycles.